The van der Waals surface area contributed by atoms with Crippen LogP contribution in [0.3, 0.4) is 0 Å². The molecule has 0 amide bonds. The molecule has 0 aromatic rings. The van der Waals surface area contributed by atoms with Crippen LogP contribution in [0, 0.1) is 5.92 Å². The maximum atomic E-state index is 3.53. The van der Waals surface area contributed by atoms with Gasteiger partial charge in [-0.2, -0.15) is 0 Å². The van der Waals surface area contributed by atoms with Gasteiger partial charge in [0.15, 0.2) is 0 Å². The molecule has 0 saturated carbocycles. The van der Waals surface area contributed by atoms with Gasteiger partial charge < -0.3 is 5.32 Å². The van der Waals surface area contributed by atoms with Crippen LogP contribution >= 0.6 is 0 Å². The molecule has 2 nitrogen and oxygen atoms in total. The molecule has 1 aliphatic rings. The summed E-state index contributed by atoms with van der Waals surface area (Å²) in [6.07, 6.45) is 3.62. The Labute approximate surface area is 101 Å². The number of hydrogen-bond donors (Lipinski definition) is 1. The van der Waals surface area contributed by atoms with Crippen LogP contribution in [0.1, 0.15) is 41.0 Å². The maximum absolute atomic E-state index is 3.53. The van der Waals surface area contributed by atoms with Crippen molar-refractivity contribution in [2.75, 3.05) is 19.6 Å². The van der Waals surface area contributed by atoms with Crippen molar-refractivity contribution in [2.24, 2.45) is 5.92 Å². The molecule has 1 rings (SSSR count). The largest absolute Gasteiger partial charge is 0.314 e. The third kappa shape index (κ3) is 4.26. The summed E-state index contributed by atoms with van der Waals surface area (Å²) >= 11 is 0. The quantitative estimate of drug-likeness (QED) is 0.722. The predicted molar refractivity (Wildman–Crippen MR) is 71.7 cm³/mol. The third-order valence-electron chi connectivity index (χ3n) is 3.72. The minimum absolute atomic E-state index is 0.596. The first-order valence-corrected chi connectivity index (χ1v) is 6.63. The van der Waals surface area contributed by atoms with Crippen molar-refractivity contribution >= 4 is 0 Å². The average Bonchev–Trinajstić information content (AvgIpc) is 2.26. The molecule has 0 aromatic carbocycles. The molecular formula is C14H28N2. The Morgan fingerprint density at radius 2 is 2.00 bits per heavy atom. The van der Waals surface area contributed by atoms with Crippen molar-refractivity contribution in [1.29, 1.82) is 0 Å². The first kappa shape index (κ1) is 13.7. The van der Waals surface area contributed by atoms with Gasteiger partial charge in [0.05, 0.1) is 0 Å². The van der Waals surface area contributed by atoms with E-state index >= 15 is 0 Å². The summed E-state index contributed by atoms with van der Waals surface area (Å²) in [6.45, 7) is 14.9. The molecule has 0 bridgehead atoms. The average molecular weight is 224 g/mol. The predicted octanol–water partition coefficient (Wildman–Crippen LogP) is 2.66. The summed E-state index contributed by atoms with van der Waals surface area (Å²) in [6, 6.07) is 1.27. The molecule has 1 N–H and O–H groups in total. The lowest BCUT2D eigenvalue weighted by atomic mass is 9.99. The lowest BCUT2D eigenvalue weighted by molar-refractivity contribution is 0.170. The van der Waals surface area contributed by atoms with Crippen LogP contribution in [0.15, 0.2) is 11.6 Å². The summed E-state index contributed by atoms with van der Waals surface area (Å²) < 4.78 is 0. The fourth-order valence-corrected chi connectivity index (χ4v) is 2.11. The molecule has 0 aliphatic carbocycles. The molecule has 2 unspecified atom stereocenters. The highest BCUT2D eigenvalue weighted by molar-refractivity contribution is 5.04. The SMILES string of the molecule is CC1=CCN(C(C)C(C)CNC(C)C)CC1. The van der Waals surface area contributed by atoms with Gasteiger partial charge in [0.1, 0.15) is 0 Å². The van der Waals surface area contributed by atoms with Crippen LogP contribution in [0.4, 0.5) is 0 Å². The highest BCUT2D eigenvalue weighted by atomic mass is 15.2. The second-order valence-corrected chi connectivity index (χ2v) is 5.58. The Bertz CT molecular complexity index is 233. The number of nitrogens with zero attached hydrogens (tertiary/aromatic N) is 1. The second kappa shape index (κ2) is 6.41. The first-order chi connectivity index (χ1) is 7.50. The molecule has 2 atom stereocenters. The van der Waals surface area contributed by atoms with Crippen molar-refractivity contribution in [2.45, 2.75) is 53.1 Å². The number of rotatable bonds is 5. The summed E-state index contributed by atoms with van der Waals surface area (Å²) in [4.78, 5) is 2.60. The monoisotopic (exact) mass is 224 g/mol. The van der Waals surface area contributed by atoms with Gasteiger partial charge in [-0.1, -0.05) is 32.4 Å². The second-order valence-electron chi connectivity index (χ2n) is 5.58. The lowest BCUT2D eigenvalue weighted by Crippen LogP contribution is -2.44. The molecule has 0 spiro atoms. The molecule has 1 heterocycles. The van der Waals surface area contributed by atoms with Gasteiger partial charge in [0, 0.05) is 25.2 Å². The topological polar surface area (TPSA) is 15.3 Å². The fraction of sp³-hybridized carbons (Fsp3) is 0.857. The van der Waals surface area contributed by atoms with Gasteiger partial charge in [-0.05, 0) is 32.7 Å². The van der Waals surface area contributed by atoms with E-state index < -0.39 is 0 Å². The summed E-state index contributed by atoms with van der Waals surface area (Å²) in [7, 11) is 0. The Balaban J connectivity index is 2.35. The van der Waals surface area contributed by atoms with E-state index in [-0.39, 0.29) is 0 Å². The van der Waals surface area contributed by atoms with Crippen LogP contribution in [0.5, 0.6) is 0 Å². The van der Waals surface area contributed by atoms with Gasteiger partial charge in [-0.15, -0.1) is 0 Å². The molecule has 0 aromatic heterocycles. The van der Waals surface area contributed by atoms with Crippen molar-refractivity contribution in [3.8, 4) is 0 Å². The van der Waals surface area contributed by atoms with Crippen molar-refractivity contribution in [1.82, 2.24) is 10.2 Å². The van der Waals surface area contributed by atoms with Gasteiger partial charge in [-0.25, -0.2) is 0 Å². The molecule has 0 fully saturated rings. The first-order valence-electron chi connectivity index (χ1n) is 6.63. The van der Waals surface area contributed by atoms with E-state index in [0.29, 0.717) is 18.0 Å². The highest BCUT2D eigenvalue weighted by Crippen LogP contribution is 2.16. The molecule has 0 radical (unpaired) electrons. The smallest absolute Gasteiger partial charge is 0.0168 e. The van der Waals surface area contributed by atoms with Gasteiger partial charge in [0.2, 0.25) is 0 Å². The third-order valence-corrected chi connectivity index (χ3v) is 3.72. The zero-order valence-corrected chi connectivity index (χ0v) is 11.6. The van der Waals surface area contributed by atoms with E-state index in [9.17, 15) is 0 Å². The van der Waals surface area contributed by atoms with Gasteiger partial charge in [-0.3, -0.25) is 4.90 Å². The standard InChI is InChI=1S/C14H28N2/c1-11(2)15-10-13(4)14(5)16-8-6-12(3)7-9-16/h6,11,13-15H,7-10H2,1-5H3. The molecule has 0 saturated heterocycles. The van der Waals surface area contributed by atoms with Gasteiger partial charge in [0.25, 0.3) is 0 Å². The Kier molecular flexibility index (Phi) is 5.50. The van der Waals surface area contributed by atoms with E-state index in [0.717, 1.165) is 13.1 Å². The van der Waals surface area contributed by atoms with Crippen molar-refractivity contribution in [3.63, 3.8) is 0 Å². The lowest BCUT2D eigenvalue weighted by Gasteiger charge is -2.35. The Hall–Kier alpha value is -0.340. The minimum atomic E-state index is 0.596. The zero-order chi connectivity index (χ0) is 12.1. The molecule has 2 heteroatoms. The fourth-order valence-electron chi connectivity index (χ4n) is 2.11. The van der Waals surface area contributed by atoms with Crippen molar-refractivity contribution < 1.29 is 0 Å². The Morgan fingerprint density at radius 1 is 1.31 bits per heavy atom. The zero-order valence-electron chi connectivity index (χ0n) is 11.6. The van der Waals surface area contributed by atoms with E-state index in [1.54, 1.807) is 5.57 Å². The van der Waals surface area contributed by atoms with E-state index in [4.69, 9.17) is 0 Å². The normalized spacial score (nSPS) is 22.0. The molecule has 94 valence electrons. The highest BCUT2D eigenvalue weighted by Gasteiger charge is 2.20. The summed E-state index contributed by atoms with van der Waals surface area (Å²) in [5.41, 5.74) is 1.55. The van der Waals surface area contributed by atoms with Crippen molar-refractivity contribution in [3.05, 3.63) is 11.6 Å². The number of nitrogens with one attached hydrogen (secondary N) is 1. The van der Waals surface area contributed by atoms with Crippen LogP contribution in [-0.2, 0) is 0 Å². The number of hydrogen-bond acceptors (Lipinski definition) is 2. The summed E-state index contributed by atoms with van der Waals surface area (Å²) in [5.74, 6) is 0.717. The van der Waals surface area contributed by atoms with E-state index in [1.165, 1.54) is 13.0 Å². The van der Waals surface area contributed by atoms with Crippen LogP contribution in [0.2, 0.25) is 0 Å². The minimum Gasteiger partial charge on any atom is -0.314 e. The van der Waals surface area contributed by atoms with Crippen LogP contribution in [-0.4, -0.2) is 36.6 Å². The summed E-state index contributed by atoms with van der Waals surface area (Å²) in [5, 5.41) is 3.53. The Morgan fingerprint density at radius 3 is 2.50 bits per heavy atom. The van der Waals surface area contributed by atoms with E-state index in [2.05, 4.69) is 50.9 Å². The van der Waals surface area contributed by atoms with E-state index in [1.807, 2.05) is 0 Å². The van der Waals surface area contributed by atoms with Crippen LogP contribution in [0.25, 0.3) is 0 Å². The maximum Gasteiger partial charge on any atom is 0.0168 e. The van der Waals surface area contributed by atoms with Gasteiger partial charge >= 0.3 is 0 Å². The molecule has 1 aliphatic heterocycles. The van der Waals surface area contributed by atoms with Crippen LogP contribution < -0.4 is 5.32 Å². The molecule has 16 heavy (non-hydrogen) atoms. The molecular weight excluding hydrogens is 196 g/mol.